The summed E-state index contributed by atoms with van der Waals surface area (Å²) < 4.78 is 0. The number of amidine groups is 1. The van der Waals surface area contributed by atoms with Crippen LogP contribution in [0.2, 0.25) is 0 Å². The molecule has 1 heterocycles. The zero-order chi connectivity index (χ0) is 14.0. The molecule has 1 atom stereocenters. The van der Waals surface area contributed by atoms with E-state index < -0.39 is 0 Å². The molecule has 0 aliphatic carbocycles. The molecule has 0 radical (unpaired) electrons. The first-order chi connectivity index (χ1) is 9.02. The van der Waals surface area contributed by atoms with Gasteiger partial charge < -0.3 is 20.7 Å². The summed E-state index contributed by atoms with van der Waals surface area (Å²) in [7, 11) is 2.13. The van der Waals surface area contributed by atoms with E-state index >= 15 is 0 Å². The van der Waals surface area contributed by atoms with Crippen LogP contribution in [0.1, 0.15) is 18.1 Å². The van der Waals surface area contributed by atoms with Crippen LogP contribution in [0.5, 0.6) is 0 Å². The minimum Gasteiger partial charge on any atom is -0.409 e. The SMILES string of the molecule is Cc1ccc(/C(N)=N/O)c(N2CCN(C)CC2C)c1. The van der Waals surface area contributed by atoms with Crippen molar-refractivity contribution in [1.82, 2.24) is 4.90 Å². The fourth-order valence-electron chi connectivity index (χ4n) is 2.65. The van der Waals surface area contributed by atoms with E-state index in [9.17, 15) is 0 Å². The molecule has 1 aromatic carbocycles. The average Bonchev–Trinajstić information content (AvgIpc) is 2.38. The van der Waals surface area contributed by atoms with Crippen molar-refractivity contribution >= 4 is 11.5 Å². The van der Waals surface area contributed by atoms with Gasteiger partial charge in [0.05, 0.1) is 0 Å². The Morgan fingerprint density at radius 1 is 1.42 bits per heavy atom. The van der Waals surface area contributed by atoms with Gasteiger partial charge in [0.25, 0.3) is 0 Å². The van der Waals surface area contributed by atoms with Crippen LogP contribution in [0.25, 0.3) is 0 Å². The molecule has 0 saturated carbocycles. The Morgan fingerprint density at radius 3 is 2.79 bits per heavy atom. The molecule has 1 aliphatic heterocycles. The second kappa shape index (κ2) is 5.48. The average molecular weight is 262 g/mol. The van der Waals surface area contributed by atoms with Crippen molar-refractivity contribution < 1.29 is 5.21 Å². The molecule has 0 bridgehead atoms. The van der Waals surface area contributed by atoms with Crippen LogP contribution >= 0.6 is 0 Å². The van der Waals surface area contributed by atoms with Gasteiger partial charge in [-0.05, 0) is 38.6 Å². The lowest BCUT2D eigenvalue weighted by atomic mass is 10.0. The molecule has 0 amide bonds. The fraction of sp³-hybridized carbons (Fsp3) is 0.500. The van der Waals surface area contributed by atoms with Crippen LogP contribution in [0, 0.1) is 6.92 Å². The van der Waals surface area contributed by atoms with Gasteiger partial charge in [-0.25, -0.2) is 0 Å². The zero-order valence-corrected chi connectivity index (χ0v) is 11.8. The smallest absolute Gasteiger partial charge is 0.172 e. The van der Waals surface area contributed by atoms with Gasteiger partial charge in [0.15, 0.2) is 5.84 Å². The highest BCUT2D eigenvalue weighted by Crippen LogP contribution is 2.26. The second-order valence-electron chi connectivity index (χ2n) is 5.31. The Bertz CT molecular complexity index is 486. The van der Waals surface area contributed by atoms with Gasteiger partial charge >= 0.3 is 0 Å². The van der Waals surface area contributed by atoms with Crippen LogP contribution in [-0.4, -0.2) is 48.7 Å². The number of benzene rings is 1. The highest BCUT2D eigenvalue weighted by atomic mass is 16.4. The normalized spacial score (nSPS) is 21.7. The van der Waals surface area contributed by atoms with Crippen molar-refractivity contribution in [3.05, 3.63) is 29.3 Å². The molecule has 0 aromatic heterocycles. The molecule has 1 aliphatic rings. The highest BCUT2D eigenvalue weighted by molar-refractivity contribution is 6.02. The number of nitrogens with zero attached hydrogens (tertiary/aromatic N) is 3. The summed E-state index contributed by atoms with van der Waals surface area (Å²) in [6.07, 6.45) is 0. The number of hydrogen-bond donors (Lipinski definition) is 2. The molecular formula is C14H22N4O. The number of rotatable bonds is 2. The molecule has 1 fully saturated rings. The third-order valence-electron chi connectivity index (χ3n) is 3.68. The molecule has 1 saturated heterocycles. The van der Waals surface area contributed by atoms with E-state index in [2.05, 4.69) is 41.9 Å². The van der Waals surface area contributed by atoms with E-state index in [0.29, 0.717) is 6.04 Å². The number of anilines is 1. The quantitative estimate of drug-likeness (QED) is 0.364. The molecule has 1 aromatic rings. The molecule has 3 N–H and O–H groups in total. The highest BCUT2D eigenvalue weighted by Gasteiger charge is 2.24. The van der Waals surface area contributed by atoms with Crippen molar-refractivity contribution in [3.63, 3.8) is 0 Å². The topological polar surface area (TPSA) is 65.1 Å². The number of likely N-dealkylation sites (N-methyl/N-ethyl adjacent to an activating group) is 1. The van der Waals surface area contributed by atoms with Crippen LogP contribution in [-0.2, 0) is 0 Å². The predicted octanol–water partition coefficient (Wildman–Crippen LogP) is 1.23. The van der Waals surface area contributed by atoms with Crippen LogP contribution < -0.4 is 10.6 Å². The minimum absolute atomic E-state index is 0.168. The first-order valence-electron chi connectivity index (χ1n) is 6.56. The molecular weight excluding hydrogens is 240 g/mol. The van der Waals surface area contributed by atoms with E-state index in [1.54, 1.807) is 0 Å². The maximum Gasteiger partial charge on any atom is 0.172 e. The lowest BCUT2D eigenvalue weighted by Gasteiger charge is -2.40. The Kier molecular flexibility index (Phi) is 3.95. The van der Waals surface area contributed by atoms with Gasteiger partial charge in [0, 0.05) is 36.9 Å². The summed E-state index contributed by atoms with van der Waals surface area (Å²) in [6, 6.07) is 6.42. The first kappa shape index (κ1) is 13.7. The summed E-state index contributed by atoms with van der Waals surface area (Å²) in [4.78, 5) is 4.65. The Morgan fingerprint density at radius 2 is 2.16 bits per heavy atom. The molecule has 19 heavy (non-hydrogen) atoms. The summed E-state index contributed by atoms with van der Waals surface area (Å²) in [6.45, 7) is 7.25. The zero-order valence-electron chi connectivity index (χ0n) is 11.8. The van der Waals surface area contributed by atoms with E-state index in [0.717, 1.165) is 30.9 Å². The van der Waals surface area contributed by atoms with Gasteiger partial charge in [-0.2, -0.15) is 0 Å². The summed E-state index contributed by atoms with van der Waals surface area (Å²) in [5.41, 5.74) is 8.81. The maximum atomic E-state index is 8.92. The standard InChI is InChI=1S/C14H22N4O/c1-10-4-5-12(14(15)16-19)13(8-10)18-7-6-17(3)9-11(18)2/h4-5,8,11,19H,6-7,9H2,1-3H3,(H2,15,16). The van der Waals surface area contributed by atoms with Gasteiger partial charge in [-0.15, -0.1) is 0 Å². The Labute approximate surface area is 114 Å². The lowest BCUT2D eigenvalue weighted by Crippen LogP contribution is -2.51. The maximum absolute atomic E-state index is 8.92. The van der Waals surface area contributed by atoms with Crippen molar-refractivity contribution in [1.29, 1.82) is 0 Å². The van der Waals surface area contributed by atoms with Gasteiger partial charge in [0.2, 0.25) is 0 Å². The summed E-state index contributed by atoms with van der Waals surface area (Å²) >= 11 is 0. The third kappa shape index (κ3) is 2.81. The Balaban J connectivity index is 2.40. The predicted molar refractivity (Wildman–Crippen MR) is 78.0 cm³/mol. The molecule has 0 spiro atoms. The number of hydrogen-bond acceptors (Lipinski definition) is 4. The number of oxime groups is 1. The van der Waals surface area contributed by atoms with E-state index in [4.69, 9.17) is 10.9 Å². The van der Waals surface area contributed by atoms with E-state index in [1.807, 2.05) is 12.1 Å². The number of piperazine rings is 1. The van der Waals surface area contributed by atoms with Crippen LogP contribution in [0.3, 0.4) is 0 Å². The van der Waals surface area contributed by atoms with Crippen molar-refractivity contribution in [2.75, 3.05) is 31.6 Å². The minimum atomic E-state index is 0.168. The van der Waals surface area contributed by atoms with Crippen molar-refractivity contribution in [2.24, 2.45) is 10.9 Å². The molecule has 104 valence electrons. The van der Waals surface area contributed by atoms with Gasteiger partial charge in [0.1, 0.15) is 0 Å². The van der Waals surface area contributed by atoms with Crippen molar-refractivity contribution in [2.45, 2.75) is 19.9 Å². The second-order valence-corrected chi connectivity index (χ2v) is 5.31. The largest absolute Gasteiger partial charge is 0.409 e. The monoisotopic (exact) mass is 262 g/mol. The molecule has 5 heteroatoms. The van der Waals surface area contributed by atoms with Gasteiger partial charge in [-0.1, -0.05) is 11.2 Å². The molecule has 5 nitrogen and oxygen atoms in total. The van der Waals surface area contributed by atoms with Crippen molar-refractivity contribution in [3.8, 4) is 0 Å². The van der Waals surface area contributed by atoms with Gasteiger partial charge in [-0.3, -0.25) is 0 Å². The summed E-state index contributed by atoms with van der Waals surface area (Å²) in [5.74, 6) is 0.168. The van der Waals surface area contributed by atoms with Crippen LogP contribution in [0.4, 0.5) is 5.69 Å². The van der Waals surface area contributed by atoms with E-state index in [1.165, 1.54) is 5.56 Å². The molecule has 1 unspecified atom stereocenters. The van der Waals surface area contributed by atoms with Crippen LogP contribution in [0.15, 0.2) is 23.4 Å². The number of nitrogens with two attached hydrogens (primary N) is 1. The molecule has 2 rings (SSSR count). The number of aryl methyl sites for hydroxylation is 1. The first-order valence-corrected chi connectivity index (χ1v) is 6.56. The Hall–Kier alpha value is -1.75. The third-order valence-corrected chi connectivity index (χ3v) is 3.68. The summed E-state index contributed by atoms with van der Waals surface area (Å²) in [5, 5.41) is 12.1. The fourth-order valence-corrected chi connectivity index (χ4v) is 2.65. The lowest BCUT2D eigenvalue weighted by molar-refractivity contribution is 0.275. The van der Waals surface area contributed by atoms with E-state index in [-0.39, 0.29) is 5.84 Å².